The molecule has 0 aliphatic heterocycles. The summed E-state index contributed by atoms with van der Waals surface area (Å²) in [5, 5.41) is 3.77. The van der Waals surface area contributed by atoms with Crippen LogP contribution in [0.1, 0.15) is 22.8 Å². The molecule has 24 heavy (non-hydrogen) atoms. The average Bonchev–Trinajstić information content (AvgIpc) is 2.55. The molecule has 2 rings (SSSR count). The summed E-state index contributed by atoms with van der Waals surface area (Å²) in [4.78, 5) is 20.9. The molecule has 2 aromatic carbocycles. The lowest BCUT2D eigenvalue weighted by atomic mass is 10.2. The number of nitrogens with zero attached hydrogens (tertiary/aromatic N) is 2. The molecule has 7 nitrogen and oxygen atoms in total. The van der Waals surface area contributed by atoms with Crippen molar-refractivity contribution in [3.8, 4) is 5.75 Å². The van der Waals surface area contributed by atoms with Gasteiger partial charge >= 0.3 is 5.97 Å². The van der Waals surface area contributed by atoms with Crippen molar-refractivity contribution in [1.29, 1.82) is 0 Å². The molecule has 7 heteroatoms. The van der Waals surface area contributed by atoms with E-state index in [1.165, 1.54) is 0 Å². The summed E-state index contributed by atoms with van der Waals surface area (Å²) >= 11 is 0. The van der Waals surface area contributed by atoms with Crippen LogP contribution in [0.3, 0.4) is 0 Å². The molecule has 0 spiro atoms. The summed E-state index contributed by atoms with van der Waals surface area (Å²) in [6.07, 6.45) is 1.55. The normalized spacial score (nSPS) is 10.4. The Balaban J connectivity index is 2.06. The van der Waals surface area contributed by atoms with Gasteiger partial charge in [-0.25, -0.2) is 9.79 Å². The zero-order chi connectivity index (χ0) is 17.4. The molecule has 0 heterocycles. The second kappa shape index (κ2) is 8.33. The monoisotopic (exact) mass is 326 g/mol. The van der Waals surface area contributed by atoms with Crippen molar-refractivity contribution in [2.24, 2.45) is 21.6 Å². The number of carbonyl (C=O) groups excluding carboxylic acids is 1. The lowest BCUT2D eigenvalue weighted by Gasteiger charge is -2.05. The molecule has 0 aromatic heterocycles. The van der Waals surface area contributed by atoms with E-state index in [1.54, 1.807) is 48.7 Å². The highest BCUT2D eigenvalue weighted by molar-refractivity contribution is 5.92. The van der Waals surface area contributed by atoms with E-state index in [-0.39, 0.29) is 5.96 Å². The Morgan fingerprint density at radius 1 is 1.17 bits per heavy atom. The van der Waals surface area contributed by atoms with Crippen LogP contribution in [0.15, 0.2) is 58.7 Å². The largest absolute Gasteiger partial charge is 0.423 e. The van der Waals surface area contributed by atoms with Gasteiger partial charge in [0, 0.05) is 0 Å². The second-order valence-electron chi connectivity index (χ2n) is 4.70. The van der Waals surface area contributed by atoms with E-state index in [2.05, 4.69) is 10.1 Å². The van der Waals surface area contributed by atoms with Gasteiger partial charge in [-0.3, -0.25) is 0 Å². The minimum atomic E-state index is -0.481. The third kappa shape index (κ3) is 5.13. The highest BCUT2D eigenvalue weighted by Gasteiger charge is 2.08. The third-order valence-electron chi connectivity index (χ3n) is 2.84. The van der Waals surface area contributed by atoms with E-state index in [1.807, 2.05) is 13.0 Å². The van der Waals surface area contributed by atoms with Crippen LogP contribution >= 0.6 is 0 Å². The van der Waals surface area contributed by atoms with Crippen LogP contribution < -0.4 is 16.2 Å². The fraction of sp³-hybridized carbons (Fsp3) is 0.118. The topological polar surface area (TPSA) is 112 Å². The Morgan fingerprint density at radius 2 is 1.92 bits per heavy atom. The molecule has 0 aliphatic rings. The maximum absolute atomic E-state index is 12.2. The van der Waals surface area contributed by atoms with Crippen LogP contribution in [-0.4, -0.2) is 24.8 Å². The lowest BCUT2D eigenvalue weighted by Crippen LogP contribution is -2.21. The smallest absolute Gasteiger partial charge is 0.343 e. The van der Waals surface area contributed by atoms with Crippen molar-refractivity contribution in [3.63, 3.8) is 0 Å². The molecule has 2 aromatic rings. The van der Waals surface area contributed by atoms with Gasteiger partial charge in [0.15, 0.2) is 5.96 Å². The Hall–Kier alpha value is -3.35. The molecule has 0 fully saturated rings. The summed E-state index contributed by atoms with van der Waals surface area (Å²) in [5.41, 5.74) is 12.3. The van der Waals surface area contributed by atoms with Crippen LogP contribution in [0.4, 0.5) is 5.69 Å². The second-order valence-corrected chi connectivity index (χ2v) is 4.70. The minimum absolute atomic E-state index is 0.0455. The maximum Gasteiger partial charge on any atom is 0.343 e. The predicted molar refractivity (Wildman–Crippen MR) is 92.5 cm³/mol. The van der Waals surface area contributed by atoms with Crippen molar-refractivity contribution in [2.45, 2.75) is 6.92 Å². The highest BCUT2D eigenvalue weighted by Crippen LogP contribution is 2.17. The number of benzene rings is 2. The lowest BCUT2D eigenvalue weighted by molar-refractivity contribution is 0.0735. The summed E-state index contributed by atoms with van der Waals surface area (Å²) in [6.45, 7) is 2.33. The highest BCUT2D eigenvalue weighted by atomic mass is 16.6. The number of aliphatic imine (C=N–C) groups is 1. The number of guanidine groups is 1. The Kier molecular flexibility index (Phi) is 5.90. The fourth-order valence-corrected chi connectivity index (χ4v) is 1.82. The SMILES string of the molecule is CCON=Cc1cccc(OC(=O)c2ccc(N=C(N)N)cc2)c1. The predicted octanol–water partition coefficient (Wildman–Crippen LogP) is 2.18. The van der Waals surface area contributed by atoms with Gasteiger partial charge in [0.2, 0.25) is 0 Å². The number of nitrogens with two attached hydrogens (primary N) is 2. The summed E-state index contributed by atoms with van der Waals surface area (Å²) < 4.78 is 5.34. The van der Waals surface area contributed by atoms with E-state index in [0.29, 0.717) is 23.6 Å². The molecule has 0 aliphatic carbocycles. The van der Waals surface area contributed by atoms with Crippen molar-refractivity contribution in [1.82, 2.24) is 0 Å². The van der Waals surface area contributed by atoms with Gasteiger partial charge in [-0.2, -0.15) is 0 Å². The van der Waals surface area contributed by atoms with E-state index in [9.17, 15) is 4.79 Å². The van der Waals surface area contributed by atoms with E-state index in [0.717, 1.165) is 5.56 Å². The molecular formula is C17H18N4O3. The molecular weight excluding hydrogens is 308 g/mol. The fourth-order valence-electron chi connectivity index (χ4n) is 1.82. The summed E-state index contributed by atoms with van der Waals surface area (Å²) in [7, 11) is 0. The average molecular weight is 326 g/mol. The number of oxime groups is 1. The Bertz CT molecular complexity index is 751. The molecule has 0 unspecified atom stereocenters. The van der Waals surface area contributed by atoms with Crippen molar-refractivity contribution >= 4 is 23.8 Å². The first-order chi connectivity index (χ1) is 11.6. The van der Waals surface area contributed by atoms with Gasteiger partial charge in [-0.15, -0.1) is 0 Å². The first-order valence-electron chi connectivity index (χ1n) is 7.25. The molecule has 0 atom stereocenters. The van der Waals surface area contributed by atoms with Gasteiger partial charge in [0.1, 0.15) is 12.4 Å². The summed E-state index contributed by atoms with van der Waals surface area (Å²) in [5.74, 6) is -0.116. The van der Waals surface area contributed by atoms with Crippen LogP contribution in [0.2, 0.25) is 0 Å². The van der Waals surface area contributed by atoms with Crippen LogP contribution in [0, 0.1) is 0 Å². The molecule has 4 N–H and O–H groups in total. The van der Waals surface area contributed by atoms with Crippen molar-refractivity contribution < 1.29 is 14.4 Å². The van der Waals surface area contributed by atoms with Crippen LogP contribution in [0.5, 0.6) is 5.75 Å². The van der Waals surface area contributed by atoms with Gasteiger partial charge in [0.25, 0.3) is 0 Å². The van der Waals surface area contributed by atoms with Crippen molar-refractivity contribution in [2.75, 3.05) is 6.61 Å². The quantitative estimate of drug-likeness (QED) is 0.278. The number of hydrogen-bond acceptors (Lipinski definition) is 5. The van der Waals surface area contributed by atoms with Gasteiger partial charge in [0.05, 0.1) is 17.5 Å². The molecule has 0 radical (unpaired) electrons. The number of carbonyl (C=O) groups is 1. The number of ether oxygens (including phenoxy) is 1. The van der Waals surface area contributed by atoms with Gasteiger partial charge in [-0.1, -0.05) is 17.3 Å². The first-order valence-corrected chi connectivity index (χ1v) is 7.25. The molecule has 0 bridgehead atoms. The van der Waals surface area contributed by atoms with E-state index < -0.39 is 5.97 Å². The molecule has 0 saturated heterocycles. The minimum Gasteiger partial charge on any atom is -0.423 e. The third-order valence-corrected chi connectivity index (χ3v) is 2.84. The maximum atomic E-state index is 12.2. The van der Waals surface area contributed by atoms with Crippen molar-refractivity contribution in [3.05, 3.63) is 59.7 Å². The zero-order valence-electron chi connectivity index (χ0n) is 13.2. The van der Waals surface area contributed by atoms with Gasteiger partial charge in [-0.05, 0) is 48.9 Å². The Labute approximate surface area is 139 Å². The first kappa shape index (κ1) is 17.0. The molecule has 0 saturated carbocycles. The Morgan fingerprint density at radius 3 is 2.58 bits per heavy atom. The number of esters is 1. The number of hydrogen-bond donors (Lipinski definition) is 2. The molecule has 124 valence electrons. The van der Waals surface area contributed by atoms with Crippen LogP contribution in [0.25, 0.3) is 0 Å². The molecule has 0 amide bonds. The summed E-state index contributed by atoms with van der Waals surface area (Å²) in [6, 6.07) is 13.4. The van der Waals surface area contributed by atoms with Crippen LogP contribution in [-0.2, 0) is 4.84 Å². The van der Waals surface area contributed by atoms with E-state index >= 15 is 0 Å². The standard InChI is InChI=1S/C17H18N4O3/c1-2-23-20-11-12-4-3-5-15(10-12)24-16(22)13-6-8-14(9-7-13)21-17(18)19/h3-11H,2H2,1H3,(H4,18,19,21). The van der Waals surface area contributed by atoms with E-state index in [4.69, 9.17) is 21.0 Å². The van der Waals surface area contributed by atoms with Gasteiger partial charge < -0.3 is 21.0 Å². The number of rotatable bonds is 6. The zero-order valence-corrected chi connectivity index (χ0v) is 13.2.